The zero-order valence-electron chi connectivity index (χ0n) is 9.46. The fraction of sp³-hybridized carbons (Fsp3) is 0.700. The summed E-state index contributed by atoms with van der Waals surface area (Å²) in [5.41, 5.74) is 0.723. The molecule has 0 radical (unpaired) electrons. The van der Waals surface area contributed by atoms with E-state index in [0.29, 0.717) is 0 Å². The second-order valence-electron chi connectivity index (χ2n) is 3.34. The van der Waals surface area contributed by atoms with Crippen molar-refractivity contribution in [2.45, 2.75) is 6.92 Å². The van der Waals surface area contributed by atoms with E-state index in [0.717, 1.165) is 23.8 Å². The molecule has 4 heteroatoms. The first-order valence-corrected chi connectivity index (χ1v) is 6.96. The summed E-state index contributed by atoms with van der Waals surface area (Å²) in [6.07, 6.45) is 3.99. The number of allylic oxidation sites excluding steroid dienone is 2. The molecule has 0 aliphatic rings. The van der Waals surface area contributed by atoms with Gasteiger partial charge < -0.3 is 10.3 Å². The van der Waals surface area contributed by atoms with Crippen LogP contribution in [0, 0.1) is 5.41 Å². The molecular weight excluding hydrogens is 212 g/mol. The Bertz CT molecular complexity index is 200. The summed E-state index contributed by atoms with van der Waals surface area (Å²) in [5.74, 6) is 1.92. The molecule has 0 unspecified atom stereocenters. The van der Waals surface area contributed by atoms with Gasteiger partial charge in [-0.05, 0) is 38.3 Å². The Morgan fingerprint density at radius 1 is 1.43 bits per heavy atom. The lowest BCUT2D eigenvalue weighted by atomic mass is 10.4. The molecule has 2 nitrogen and oxygen atoms in total. The van der Waals surface area contributed by atoms with Gasteiger partial charge in [0.15, 0.2) is 0 Å². The Labute approximate surface area is 96.0 Å². The number of hydrogen-bond acceptors (Lipinski definition) is 4. The molecule has 82 valence electrons. The summed E-state index contributed by atoms with van der Waals surface area (Å²) in [4.78, 5) is 3.38. The van der Waals surface area contributed by atoms with E-state index in [9.17, 15) is 0 Å². The van der Waals surface area contributed by atoms with Gasteiger partial charge in [-0.3, -0.25) is 0 Å². The Kier molecular flexibility index (Phi) is 8.43. The van der Waals surface area contributed by atoms with Gasteiger partial charge in [0.2, 0.25) is 0 Å². The molecule has 0 aliphatic carbocycles. The molecule has 0 aliphatic heterocycles. The second kappa shape index (κ2) is 8.38. The molecule has 0 amide bonds. The van der Waals surface area contributed by atoms with Crippen LogP contribution >= 0.6 is 23.5 Å². The number of hydrogen-bond donors (Lipinski definition) is 1. The molecule has 0 atom stereocenters. The van der Waals surface area contributed by atoms with Gasteiger partial charge >= 0.3 is 0 Å². The number of nitrogens with zero attached hydrogens (tertiary/aromatic N) is 1. The SMILES string of the molecule is CS/C(C)=C\C(=N)CSCCN(C)C. The molecule has 0 rings (SSSR count). The van der Waals surface area contributed by atoms with Gasteiger partial charge in [-0.1, -0.05) is 0 Å². The monoisotopic (exact) mass is 232 g/mol. The maximum Gasteiger partial charge on any atom is 0.0420 e. The van der Waals surface area contributed by atoms with Crippen molar-refractivity contribution >= 4 is 29.2 Å². The first kappa shape index (κ1) is 14.1. The summed E-state index contributed by atoms with van der Waals surface area (Å²) in [5, 5.41) is 7.68. The third-order valence-electron chi connectivity index (χ3n) is 1.64. The molecule has 0 aromatic carbocycles. The number of rotatable bonds is 7. The molecule has 0 fully saturated rings. The quantitative estimate of drug-likeness (QED) is 0.540. The topological polar surface area (TPSA) is 27.1 Å². The third kappa shape index (κ3) is 8.66. The van der Waals surface area contributed by atoms with Crippen LogP contribution < -0.4 is 0 Å². The van der Waals surface area contributed by atoms with Crippen molar-refractivity contribution in [1.82, 2.24) is 4.90 Å². The summed E-state index contributed by atoms with van der Waals surface area (Å²) < 4.78 is 0. The van der Waals surface area contributed by atoms with Gasteiger partial charge in [0, 0.05) is 23.8 Å². The second-order valence-corrected chi connectivity index (χ2v) is 5.50. The highest BCUT2D eigenvalue weighted by Gasteiger charge is 1.96. The third-order valence-corrected chi connectivity index (χ3v) is 3.39. The lowest BCUT2D eigenvalue weighted by Crippen LogP contribution is -2.15. The zero-order chi connectivity index (χ0) is 11.0. The standard InChI is InChI=1S/C10H20N2S2/c1-9(13-4)7-10(11)8-14-6-5-12(2)3/h7,11H,5-6,8H2,1-4H3/b9-7-,11-10?. The largest absolute Gasteiger partial charge is 0.309 e. The highest BCUT2D eigenvalue weighted by molar-refractivity contribution is 8.02. The van der Waals surface area contributed by atoms with E-state index in [4.69, 9.17) is 5.41 Å². The zero-order valence-corrected chi connectivity index (χ0v) is 11.1. The van der Waals surface area contributed by atoms with Crippen LogP contribution in [0.2, 0.25) is 0 Å². The molecule has 0 saturated carbocycles. The van der Waals surface area contributed by atoms with Gasteiger partial charge in [0.25, 0.3) is 0 Å². The molecular formula is C10H20N2S2. The predicted octanol–water partition coefficient (Wildman–Crippen LogP) is 2.57. The van der Waals surface area contributed by atoms with Gasteiger partial charge in [0.1, 0.15) is 0 Å². The molecule has 0 spiro atoms. The van der Waals surface area contributed by atoms with Crippen LogP contribution in [0.25, 0.3) is 0 Å². The number of nitrogens with one attached hydrogen (secondary N) is 1. The highest BCUT2D eigenvalue weighted by atomic mass is 32.2. The minimum Gasteiger partial charge on any atom is -0.309 e. The van der Waals surface area contributed by atoms with Crippen LogP contribution in [0.1, 0.15) is 6.92 Å². The molecule has 0 heterocycles. The first-order valence-electron chi connectivity index (χ1n) is 4.58. The van der Waals surface area contributed by atoms with E-state index < -0.39 is 0 Å². The van der Waals surface area contributed by atoms with E-state index >= 15 is 0 Å². The fourth-order valence-corrected chi connectivity index (χ4v) is 1.98. The minimum absolute atomic E-state index is 0.723. The number of thioether (sulfide) groups is 2. The van der Waals surface area contributed by atoms with Gasteiger partial charge in [-0.2, -0.15) is 11.8 Å². The average molecular weight is 232 g/mol. The van der Waals surface area contributed by atoms with Crippen LogP contribution in [0.3, 0.4) is 0 Å². The van der Waals surface area contributed by atoms with Crippen LogP contribution in [-0.2, 0) is 0 Å². The molecule has 0 aromatic heterocycles. The average Bonchev–Trinajstić information content (AvgIpc) is 2.12. The molecule has 0 saturated heterocycles. The Morgan fingerprint density at radius 2 is 2.07 bits per heavy atom. The van der Waals surface area contributed by atoms with Crippen molar-refractivity contribution in [2.75, 3.05) is 38.4 Å². The van der Waals surface area contributed by atoms with E-state index in [1.807, 2.05) is 31.0 Å². The molecule has 0 aromatic rings. The Hall–Kier alpha value is 0.0700. The maximum atomic E-state index is 7.68. The van der Waals surface area contributed by atoms with Crippen molar-refractivity contribution in [3.8, 4) is 0 Å². The summed E-state index contributed by atoms with van der Waals surface area (Å²) in [6, 6.07) is 0. The van der Waals surface area contributed by atoms with Gasteiger partial charge in [0.05, 0.1) is 0 Å². The lowest BCUT2D eigenvalue weighted by Gasteiger charge is -2.08. The van der Waals surface area contributed by atoms with Crippen molar-refractivity contribution in [3.05, 3.63) is 11.0 Å². The minimum atomic E-state index is 0.723. The predicted molar refractivity (Wildman–Crippen MR) is 70.9 cm³/mol. The first-order chi connectivity index (χ1) is 6.56. The fourth-order valence-electron chi connectivity index (χ4n) is 0.775. The molecule has 1 N–H and O–H groups in total. The van der Waals surface area contributed by atoms with Crippen LogP contribution in [0.4, 0.5) is 0 Å². The van der Waals surface area contributed by atoms with Crippen LogP contribution in [0.5, 0.6) is 0 Å². The maximum absolute atomic E-state index is 7.68. The lowest BCUT2D eigenvalue weighted by molar-refractivity contribution is 0.437. The van der Waals surface area contributed by atoms with E-state index in [1.165, 1.54) is 4.91 Å². The molecule has 0 bridgehead atoms. The van der Waals surface area contributed by atoms with Crippen molar-refractivity contribution in [2.24, 2.45) is 0 Å². The van der Waals surface area contributed by atoms with E-state index in [-0.39, 0.29) is 0 Å². The summed E-state index contributed by atoms with van der Waals surface area (Å²) in [6.45, 7) is 3.13. The van der Waals surface area contributed by atoms with E-state index in [2.05, 4.69) is 19.0 Å². The normalized spacial score (nSPS) is 12.2. The highest BCUT2D eigenvalue weighted by Crippen LogP contribution is 2.10. The Morgan fingerprint density at radius 3 is 2.57 bits per heavy atom. The van der Waals surface area contributed by atoms with Crippen LogP contribution in [0.15, 0.2) is 11.0 Å². The Balaban J connectivity index is 3.55. The smallest absolute Gasteiger partial charge is 0.0420 e. The van der Waals surface area contributed by atoms with Crippen molar-refractivity contribution in [1.29, 1.82) is 5.41 Å². The molecule has 14 heavy (non-hydrogen) atoms. The summed E-state index contributed by atoms with van der Waals surface area (Å²) in [7, 11) is 4.15. The van der Waals surface area contributed by atoms with Crippen molar-refractivity contribution in [3.63, 3.8) is 0 Å². The summed E-state index contributed by atoms with van der Waals surface area (Å²) >= 11 is 3.52. The van der Waals surface area contributed by atoms with Gasteiger partial charge in [-0.25, -0.2) is 0 Å². The van der Waals surface area contributed by atoms with Gasteiger partial charge in [-0.15, -0.1) is 11.8 Å². The van der Waals surface area contributed by atoms with Crippen molar-refractivity contribution < 1.29 is 0 Å². The van der Waals surface area contributed by atoms with Crippen LogP contribution in [-0.4, -0.2) is 49.0 Å². The van der Waals surface area contributed by atoms with E-state index in [1.54, 1.807) is 11.8 Å².